The number of aliphatic hydroxyl groups excluding tert-OH is 1. The zero-order chi connectivity index (χ0) is 15.2. The fourth-order valence-electron chi connectivity index (χ4n) is 2.89. The summed E-state index contributed by atoms with van der Waals surface area (Å²) in [5.41, 5.74) is 3.74. The second-order valence-corrected chi connectivity index (χ2v) is 6.75. The topological polar surface area (TPSA) is 29.5 Å². The van der Waals surface area contributed by atoms with Crippen LogP contribution in [0.2, 0.25) is 5.02 Å². The third-order valence-corrected chi connectivity index (χ3v) is 4.17. The Hall–Kier alpha value is -1.51. The molecule has 2 aromatic carbocycles. The minimum atomic E-state index is -0.669. The molecule has 1 N–H and O–H groups in total. The van der Waals surface area contributed by atoms with Crippen LogP contribution >= 0.6 is 11.6 Å². The van der Waals surface area contributed by atoms with Gasteiger partial charge in [0.1, 0.15) is 17.5 Å². The van der Waals surface area contributed by atoms with Crippen molar-refractivity contribution in [1.82, 2.24) is 0 Å². The van der Waals surface area contributed by atoms with Crippen LogP contribution in [0.25, 0.3) is 0 Å². The lowest BCUT2D eigenvalue weighted by Gasteiger charge is -2.16. The lowest BCUT2D eigenvalue weighted by molar-refractivity contribution is 0.138. The summed E-state index contributed by atoms with van der Waals surface area (Å²) in [5.74, 6) is 0.916. The molecule has 0 saturated carbocycles. The number of fused-ring (bicyclic) bond motifs is 1. The minimum absolute atomic E-state index is 0.169. The molecule has 0 aromatic heterocycles. The Kier molecular flexibility index (Phi) is 3.46. The molecule has 1 unspecified atom stereocenters. The molecule has 0 aliphatic carbocycles. The van der Waals surface area contributed by atoms with Gasteiger partial charge in [0.15, 0.2) is 0 Å². The van der Waals surface area contributed by atoms with E-state index in [4.69, 9.17) is 16.3 Å². The zero-order valence-corrected chi connectivity index (χ0v) is 13.2. The number of benzene rings is 2. The van der Waals surface area contributed by atoms with Gasteiger partial charge in [0.2, 0.25) is 0 Å². The van der Waals surface area contributed by atoms with Gasteiger partial charge in [0.25, 0.3) is 0 Å². The van der Waals surface area contributed by atoms with Crippen molar-refractivity contribution in [3.8, 4) is 5.75 Å². The van der Waals surface area contributed by atoms with Crippen molar-refractivity contribution in [1.29, 1.82) is 0 Å². The first-order valence-corrected chi connectivity index (χ1v) is 7.49. The average molecular weight is 303 g/mol. The Balaban J connectivity index is 1.97. The smallest absolute Gasteiger partial charge is 0.123 e. The molecule has 110 valence electrons. The second-order valence-electron chi connectivity index (χ2n) is 6.31. The molecule has 1 aliphatic heterocycles. The highest BCUT2D eigenvalue weighted by molar-refractivity contribution is 6.30. The molecule has 1 atom stereocenters. The number of halogens is 1. The number of hydrogen-bond donors (Lipinski definition) is 1. The van der Waals surface area contributed by atoms with Crippen LogP contribution in [-0.2, 0) is 6.42 Å². The molecule has 0 saturated heterocycles. The van der Waals surface area contributed by atoms with E-state index < -0.39 is 6.10 Å². The molecule has 0 fully saturated rings. The van der Waals surface area contributed by atoms with Crippen LogP contribution in [0.3, 0.4) is 0 Å². The first kappa shape index (κ1) is 14.4. The van der Waals surface area contributed by atoms with E-state index in [1.165, 1.54) is 0 Å². The van der Waals surface area contributed by atoms with Crippen LogP contribution in [0.1, 0.15) is 42.2 Å². The highest BCUT2D eigenvalue weighted by atomic mass is 35.5. The highest BCUT2D eigenvalue weighted by Gasteiger charge is 2.30. The van der Waals surface area contributed by atoms with Gasteiger partial charge in [-0.15, -0.1) is 0 Å². The van der Waals surface area contributed by atoms with E-state index in [1.54, 1.807) is 0 Å². The summed E-state index contributed by atoms with van der Waals surface area (Å²) in [5, 5.41) is 11.3. The Labute approximate surface area is 130 Å². The largest absolute Gasteiger partial charge is 0.487 e. The molecular weight excluding hydrogens is 284 g/mol. The van der Waals surface area contributed by atoms with Crippen molar-refractivity contribution in [2.75, 3.05) is 0 Å². The molecule has 1 aliphatic rings. The van der Waals surface area contributed by atoms with Crippen LogP contribution in [0.15, 0.2) is 36.4 Å². The summed E-state index contributed by atoms with van der Waals surface area (Å²) in [7, 11) is 0. The summed E-state index contributed by atoms with van der Waals surface area (Å²) >= 11 is 6.05. The number of hydrogen-bond acceptors (Lipinski definition) is 2. The highest BCUT2D eigenvalue weighted by Crippen LogP contribution is 2.37. The number of aryl methyl sites for hydroxylation is 1. The predicted molar refractivity (Wildman–Crippen MR) is 85.1 cm³/mol. The summed E-state index contributed by atoms with van der Waals surface area (Å²) in [4.78, 5) is 0. The van der Waals surface area contributed by atoms with Crippen LogP contribution in [0.4, 0.5) is 0 Å². The van der Waals surface area contributed by atoms with E-state index >= 15 is 0 Å². The molecule has 21 heavy (non-hydrogen) atoms. The first-order valence-electron chi connectivity index (χ1n) is 7.12. The molecule has 0 bridgehead atoms. The Bertz CT molecular complexity index is 692. The Morgan fingerprint density at radius 3 is 2.71 bits per heavy atom. The second kappa shape index (κ2) is 5.04. The average Bonchev–Trinajstić information content (AvgIpc) is 2.73. The van der Waals surface area contributed by atoms with Gasteiger partial charge in [-0.3, -0.25) is 0 Å². The summed E-state index contributed by atoms with van der Waals surface area (Å²) < 4.78 is 5.87. The Morgan fingerprint density at radius 2 is 1.95 bits per heavy atom. The Morgan fingerprint density at radius 1 is 1.19 bits per heavy atom. The maximum atomic E-state index is 10.7. The van der Waals surface area contributed by atoms with Gasteiger partial charge < -0.3 is 9.84 Å². The van der Waals surface area contributed by atoms with Crippen LogP contribution in [0, 0.1) is 6.92 Å². The maximum Gasteiger partial charge on any atom is 0.123 e. The van der Waals surface area contributed by atoms with Crippen molar-refractivity contribution in [2.24, 2.45) is 0 Å². The fourth-order valence-corrected chi connectivity index (χ4v) is 3.07. The lowest BCUT2D eigenvalue weighted by atomic mass is 9.94. The van der Waals surface area contributed by atoms with E-state index in [1.807, 2.05) is 43.3 Å². The fraction of sp³-hybridized carbons (Fsp3) is 0.333. The quantitative estimate of drug-likeness (QED) is 0.888. The minimum Gasteiger partial charge on any atom is -0.487 e. The standard InChI is InChI=1S/C18H19ClO2/c1-11-4-6-14(19)9-15(11)17(20)12-5-7-16-13(8-12)10-18(2,3)21-16/h4-9,17,20H,10H2,1-3H3. The molecule has 1 heterocycles. The van der Waals surface area contributed by atoms with Crippen LogP contribution in [0.5, 0.6) is 5.75 Å². The molecule has 0 spiro atoms. The van der Waals surface area contributed by atoms with Crippen molar-refractivity contribution in [3.63, 3.8) is 0 Å². The van der Waals surface area contributed by atoms with E-state index in [-0.39, 0.29) is 5.60 Å². The number of rotatable bonds is 2. The van der Waals surface area contributed by atoms with Crippen molar-refractivity contribution >= 4 is 11.6 Å². The van der Waals surface area contributed by atoms with Crippen molar-refractivity contribution < 1.29 is 9.84 Å². The molecule has 0 amide bonds. The first-order chi connectivity index (χ1) is 9.85. The summed E-state index contributed by atoms with van der Waals surface area (Å²) in [6, 6.07) is 11.5. The van der Waals surface area contributed by atoms with Gasteiger partial charge in [-0.25, -0.2) is 0 Å². The van der Waals surface area contributed by atoms with Gasteiger partial charge in [0, 0.05) is 11.4 Å². The van der Waals surface area contributed by atoms with Crippen LogP contribution < -0.4 is 4.74 Å². The van der Waals surface area contributed by atoms with E-state index in [0.29, 0.717) is 5.02 Å². The molecule has 2 aromatic rings. The van der Waals surface area contributed by atoms with Crippen molar-refractivity contribution in [2.45, 2.75) is 38.9 Å². The molecule has 3 heteroatoms. The number of aliphatic hydroxyl groups is 1. The van der Waals surface area contributed by atoms with Crippen molar-refractivity contribution in [3.05, 3.63) is 63.7 Å². The maximum absolute atomic E-state index is 10.7. The molecule has 0 radical (unpaired) electrons. The zero-order valence-electron chi connectivity index (χ0n) is 12.5. The monoisotopic (exact) mass is 302 g/mol. The third kappa shape index (κ3) is 2.78. The normalized spacial score (nSPS) is 17.2. The van der Waals surface area contributed by atoms with Gasteiger partial charge in [0.05, 0.1) is 0 Å². The third-order valence-electron chi connectivity index (χ3n) is 3.94. The van der Waals surface area contributed by atoms with Gasteiger partial charge in [-0.05, 0) is 67.3 Å². The molecule has 2 nitrogen and oxygen atoms in total. The molecular formula is C18H19ClO2. The summed E-state index contributed by atoms with van der Waals surface area (Å²) in [6.45, 7) is 6.13. The molecule has 3 rings (SSSR count). The SMILES string of the molecule is Cc1ccc(Cl)cc1C(O)c1ccc2c(c1)CC(C)(C)O2. The van der Waals surface area contributed by atoms with Crippen LogP contribution in [-0.4, -0.2) is 10.7 Å². The number of ether oxygens (including phenoxy) is 1. The van der Waals surface area contributed by atoms with E-state index in [0.717, 1.165) is 34.4 Å². The lowest BCUT2D eigenvalue weighted by Crippen LogP contribution is -2.24. The van der Waals surface area contributed by atoms with Gasteiger partial charge in [-0.1, -0.05) is 23.7 Å². The van der Waals surface area contributed by atoms with Gasteiger partial charge >= 0.3 is 0 Å². The van der Waals surface area contributed by atoms with E-state index in [9.17, 15) is 5.11 Å². The predicted octanol–water partition coefficient (Wildman–Crippen LogP) is 4.44. The van der Waals surface area contributed by atoms with Gasteiger partial charge in [-0.2, -0.15) is 0 Å². The van der Waals surface area contributed by atoms with E-state index in [2.05, 4.69) is 13.8 Å². The summed E-state index contributed by atoms with van der Waals surface area (Å²) in [6.07, 6.45) is 0.190.